The number of aromatic nitrogens is 2. The topological polar surface area (TPSA) is 116 Å². The summed E-state index contributed by atoms with van der Waals surface area (Å²) in [6.07, 6.45) is 0. The van der Waals surface area contributed by atoms with Gasteiger partial charge in [-0.3, -0.25) is 9.36 Å². The molecule has 0 atom stereocenters. The Morgan fingerprint density at radius 2 is 2.18 bits per heavy atom. The number of hydrogen-bond acceptors (Lipinski definition) is 4. The van der Waals surface area contributed by atoms with Gasteiger partial charge in [0.15, 0.2) is 0 Å². The van der Waals surface area contributed by atoms with Crippen molar-refractivity contribution in [2.45, 2.75) is 0 Å². The molecule has 0 aliphatic rings. The van der Waals surface area contributed by atoms with Crippen molar-refractivity contribution in [3.05, 3.63) is 22.1 Å². The van der Waals surface area contributed by atoms with Gasteiger partial charge in [0.1, 0.15) is 11.3 Å². The normalized spacial score (nSPS) is 10.7. The zero-order chi connectivity index (χ0) is 12.7. The zero-order valence-corrected chi connectivity index (χ0v) is 9.40. The monoisotopic (exact) mass is 236 g/mol. The van der Waals surface area contributed by atoms with Gasteiger partial charge in [0.25, 0.3) is 5.91 Å². The number of hydrogen-bond donors (Lipinski definition) is 3. The number of rotatable bonds is 2. The van der Waals surface area contributed by atoms with Gasteiger partial charge in [0.2, 0.25) is 0 Å². The predicted molar refractivity (Wildman–Crippen MR) is 63.0 cm³/mol. The number of nitrogen functional groups attached to an aromatic ring is 1. The number of amides is 1. The fraction of sp³-hybridized carbons (Fsp3) is 0.200. The number of methoxy groups -OCH3 is 1. The average molecular weight is 236 g/mol. The van der Waals surface area contributed by atoms with Gasteiger partial charge in [0.05, 0.1) is 23.8 Å². The fourth-order valence-electron chi connectivity index (χ4n) is 1.78. The molecule has 17 heavy (non-hydrogen) atoms. The van der Waals surface area contributed by atoms with Crippen LogP contribution in [0.25, 0.3) is 11.0 Å². The maximum absolute atomic E-state index is 11.5. The summed E-state index contributed by atoms with van der Waals surface area (Å²) in [4.78, 5) is 25.3. The molecule has 0 bridgehead atoms. The van der Waals surface area contributed by atoms with Crippen molar-refractivity contribution in [1.29, 1.82) is 0 Å². The summed E-state index contributed by atoms with van der Waals surface area (Å²) in [5.41, 5.74) is 11.8. The minimum atomic E-state index is -0.703. The number of carbonyl (C=O) groups is 1. The van der Waals surface area contributed by atoms with Gasteiger partial charge in [-0.25, -0.2) is 4.79 Å². The van der Waals surface area contributed by atoms with E-state index in [2.05, 4.69) is 4.98 Å². The number of carbonyl (C=O) groups excluding carboxylic acids is 1. The Morgan fingerprint density at radius 3 is 2.71 bits per heavy atom. The number of fused-ring (bicyclic) bond motifs is 1. The second kappa shape index (κ2) is 3.55. The van der Waals surface area contributed by atoms with Crippen LogP contribution in [-0.2, 0) is 7.05 Å². The number of ether oxygens (including phenoxy) is 1. The summed E-state index contributed by atoms with van der Waals surface area (Å²) in [7, 11) is 2.99. The lowest BCUT2D eigenvalue weighted by atomic mass is 10.1. The molecule has 5 N–H and O–H groups in total. The summed E-state index contributed by atoms with van der Waals surface area (Å²) in [5, 5.41) is 0. The summed E-state index contributed by atoms with van der Waals surface area (Å²) in [6.45, 7) is 0. The maximum atomic E-state index is 11.5. The van der Waals surface area contributed by atoms with Crippen molar-refractivity contribution >= 4 is 22.6 Å². The Labute approximate surface area is 96.0 Å². The molecular weight excluding hydrogens is 224 g/mol. The van der Waals surface area contributed by atoms with E-state index >= 15 is 0 Å². The van der Waals surface area contributed by atoms with Gasteiger partial charge in [-0.15, -0.1) is 0 Å². The first-order valence-electron chi connectivity index (χ1n) is 4.82. The van der Waals surface area contributed by atoms with E-state index in [0.29, 0.717) is 11.0 Å². The molecule has 7 nitrogen and oxygen atoms in total. The minimum absolute atomic E-state index is 0.0712. The third-order valence-corrected chi connectivity index (χ3v) is 2.67. The van der Waals surface area contributed by atoms with Crippen LogP contribution in [0.4, 0.5) is 5.69 Å². The van der Waals surface area contributed by atoms with Crippen molar-refractivity contribution in [2.24, 2.45) is 12.8 Å². The molecule has 0 radical (unpaired) electrons. The van der Waals surface area contributed by atoms with Gasteiger partial charge in [-0.05, 0) is 0 Å². The lowest BCUT2D eigenvalue weighted by molar-refractivity contribution is 0.0998. The third-order valence-electron chi connectivity index (χ3n) is 2.67. The number of aryl methyl sites for hydroxylation is 1. The quantitative estimate of drug-likeness (QED) is 0.612. The molecule has 0 saturated carbocycles. The number of aromatic amines is 1. The van der Waals surface area contributed by atoms with Gasteiger partial charge in [-0.2, -0.15) is 0 Å². The van der Waals surface area contributed by atoms with Crippen molar-refractivity contribution in [3.8, 4) is 5.75 Å². The largest absolute Gasteiger partial charge is 0.496 e. The van der Waals surface area contributed by atoms with Crippen LogP contribution in [0, 0.1) is 0 Å². The van der Waals surface area contributed by atoms with E-state index in [1.54, 1.807) is 13.1 Å². The summed E-state index contributed by atoms with van der Waals surface area (Å²) in [6, 6.07) is 1.55. The van der Waals surface area contributed by atoms with Crippen molar-refractivity contribution in [1.82, 2.24) is 9.55 Å². The molecule has 1 aromatic heterocycles. The zero-order valence-electron chi connectivity index (χ0n) is 9.40. The lowest BCUT2D eigenvalue weighted by Crippen LogP contribution is -2.15. The highest BCUT2D eigenvalue weighted by Crippen LogP contribution is 2.30. The number of nitrogens with zero attached hydrogens (tertiary/aromatic N) is 1. The van der Waals surface area contributed by atoms with Crippen LogP contribution in [-0.4, -0.2) is 22.6 Å². The number of primary amides is 1. The highest BCUT2D eigenvalue weighted by molar-refractivity contribution is 6.07. The van der Waals surface area contributed by atoms with Crippen LogP contribution < -0.4 is 21.9 Å². The van der Waals surface area contributed by atoms with Gasteiger partial charge in [-0.1, -0.05) is 0 Å². The van der Waals surface area contributed by atoms with E-state index in [-0.39, 0.29) is 22.7 Å². The molecule has 2 aromatic rings. The maximum Gasteiger partial charge on any atom is 0.326 e. The smallest absolute Gasteiger partial charge is 0.326 e. The third kappa shape index (κ3) is 1.43. The Hall–Kier alpha value is -2.44. The molecule has 1 heterocycles. The van der Waals surface area contributed by atoms with Gasteiger partial charge < -0.3 is 21.2 Å². The minimum Gasteiger partial charge on any atom is -0.496 e. The number of benzene rings is 1. The predicted octanol–water partition coefficient (Wildman–Crippen LogP) is -0.444. The van der Waals surface area contributed by atoms with Gasteiger partial charge in [0, 0.05) is 13.1 Å². The average Bonchev–Trinajstić information content (AvgIpc) is 2.56. The van der Waals surface area contributed by atoms with E-state index in [0.717, 1.165) is 0 Å². The SMILES string of the molecule is COc1cc2c([nH]c(=O)n2C)c(N)c1C(N)=O. The van der Waals surface area contributed by atoms with Crippen molar-refractivity contribution in [3.63, 3.8) is 0 Å². The number of H-pyrrole nitrogens is 1. The van der Waals surface area contributed by atoms with Crippen molar-refractivity contribution < 1.29 is 9.53 Å². The van der Waals surface area contributed by atoms with E-state index in [4.69, 9.17) is 16.2 Å². The second-order valence-corrected chi connectivity index (χ2v) is 3.62. The van der Waals surface area contributed by atoms with E-state index in [9.17, 15) is 9.59 Å². The van der Waals surface area contributed by atoms with Crippen LogP contribution in [0.2, 0.25) is 0 Å². The van der Waals surface area contributed by atoms with Crippen LogP contribution >= 0.6 is 0 Å². The molecule has 1 aromatic carbocycles. The molecule has 0 saturated heterocycles. The fourth-order valence-corrected chi connectivity index (χ4v) is 1.78. The molecule has 7 heteroatoms. The lowest BCUT2D eigenvalue weighted by Gasteiger charge is -2.09. The first-order valence-corrected chi connectivity index (χ1v) is 4.82. The first kappa shape index (κ1) is 11.1. The molecule has 0 spiro atoms. The Kier molecular flexibility index (Phi) is 2.31. The number of anilines is 1. The molecule has 0 aliphatic heterocycles. The number of imidazole rings is 1. The Balaban J connectivity index is 2.98. The van der Waals surface area contributed by atoms with Crippen LogP contribution in [0.5, 0.6) is 5.75 Å². The second-order valence-electron chi connectivity index (χ2n) is 3.62. The first-order chi connectivity index (χ1) is 7.97. The highest BCUT2D eigenvalue weighted by atomic mass is 16.5. The summed E-state index contributed by atoms with van der Waals surface area (Å²) >= 11 is 0. The van der Waals surface area contributed by atoms with Crippen LogP contribution in [0.3, 0.4) is 0 Å². The standard InChI is InChI=1S/C10H12N4O3/c1-14-4-3-5(17-2)6(9(12)15)7(11)8(4)13-10(14)16/h3H,11H2,1-2H3,(H2,12,15)(H,13,16). The summed E-state index contributed by atoms with van der Waals surface area (Å²) in [5.74, 6) is -0.456. The number of nitrogens with two attached hydrogens (primary N) is 2. The molecule has 1 amide bonds. The van der Waals surface area contributed by atoms with Crippen LogP contribution in [0.1, 0.15) is 10.4 Å². The Bertz CT molecular complexity index is 668. The van der Waals surface area contributed by atoms with E-state index < -0.39 is 5.91 Å². The van der Waals surface area contributed by atoms with Crippen LogP contribution in [0.15, 0.2) is 10.9 Å². The molecule has 2 rings (SSSR count). The molecule has 90 valence electrons. The van der Waals surface area contributed by atoms with Gasteiger partial charge >= 0.3 is 5.69 Å². The highest BCUT2D eigenvalue weighted by Gasteiger charge is 2.19. The number of nitrogens with one attached hydrogen (secondary N) is 1. The van der Waals surface area contributed by atoms with E-state index in [1.165, 1.54) is 11.7 Å². The molecule has 0 aliphatic carbocycles. The summed E-state index contributed by atoms with van der Waals surface area (Å²) < 4.78 is 6.42. The molecule has 0 fully saturated rings. The van der Waals surface area contributed by atoms with E-state index in [1.807, 2.05) is 0 Å². The van der Waals surface area contributed by atoms with Crippen molar-refractivity contribution in [2.75, 3.05) is 12.8 Å². The molecular formula is C10H12N4O3. The molecule has 0 unspecified atom stereocenters. The Morgan fingerprint density at radius 1 is 1.53 bits per heavy atom.